The molecule has 0 radical (unpaired) electrons. The zero-order valence-electron chi connectivity index (χ0n) is 15.5. The van der Waals surface area contributed by atoms with Gasteiger partial charge < -0.3 is 9.47 Å². The first-order valence-corrected chi connectivity index (χ1v) is 8.95. The SMILES string of the molecule is COc1cc(C(=O)NNC(=O)CCc2cccc(Cl)c2)ccc1OC(C)C. The smallest absolute Gasteiger partial charge is 0.269 e. The number of hydrogen-bond acceptors (Lipinski definition) is 4. The molecule has 2 aromatic rings. The fourth-order valence-electron chi connectivity index (χ4n) is 2.37. The third kappa shape index (κ3) is 6.49. The van der Waals surface area contributed by atoms with Crippen molar-refractivity contribution in [2.75, 3.05) is 7.11 Å². The standard InChI is InChI=1S/C20H23ClN2O4/c1-13(2)27-17-9-8-15(12-18(17)26-3)20(25)23-22-19(24)10-7-14-5-4-6-16(21)11-14/h4-6,8-9,11-13H,7,10H2,1-3H3,(H,22,24)(H,23,25). The van der Waals surface area contributed by atoms with Crippen molar-refractivity contribution in [1.29, 1.82) is 0 Å². The molecule has 0 aromatic heterocycles. The van der Waals surface area contributed by atoms with Crippen LogP contribution < -0.4 is 20.3 Å². The fraction of sp³-hybridized carbons (Fsp3) is 0.300. The van der Waals surface area contributed by atoms with E-state index in [1.54, 1.807) is 30.3 Å². The number of halogens is 1. The minimum Gasteiger partial charge on any atom is -0.493 e. The Kier molecular flexibility index (Phi) is 7.49. The molecule has 0 saturated carbocycles. The molecule has 2 aromatic carbocycles. The third-order valence-electron chi connectivity index (χ3n) is 3.63. The molecule has 2 N–H and O–H groups in total. The highest BCUT2D eigenvalue weighted by atomic mass is 35.5. The Bertz CT molecular complexity index is 808. The fourth-order valence-corrected chi connectivity index (χ4v) is 2.58. The number of aryl methyl sites for hydroxylation is 1. The lowest BCUT2D eigenvalue weighted by Crippen LogP contribution is -2.41. The maximum Gasteiger partial charge on any atom is 0.269 e. The molecule has 0 saturated heterocycles. The van der Waals surface area contributed by atoms with E-state index in [0.29, 0.717) is 28.5 Å². The van der Waals surface area contributed by atoms with E-state index in [0.717, 1.165) is 5.56 Å². The van der Waals surface area contributed by atoms with E-state index in [-0.39, 0.29) is 18.4 Å². The summed E-state index contributed by atoms with van der Waals surface area (Å²) in [6, 6.07) is 12.1. The summed E-state index contributed by atoms with van der Waals surface area (Å²) in [6.07, 6.45) is 0.736. The second kappa shape index (κ2) is 9.83. The van der Waals surface area contributed by atoms with Crippen molar-refractivity contribution in [3.05, 3.63) is 58.6 Å². The molecule has 0 heterocycles. The van der Waals surface area contributed by atoms with Gasteiger partial charge >= 0.3 is 0 Å². The first kappa shape index (κ1) is 20.6. The molecule has 0 aliphatic heterocycles. The molecular weight excluding hydrogens is 368 g/mol. The van der Waals surface area contributed by atoms with E-state index in [1.807, 2.05) is 26.0 Å². The third-order valence-corrected chi connectivity index (χ3v) is 3.87. The van der Waals surface area contributed by atoms with Crippen molar-refractivity contribution in [3.8, 4) is 11.5 Å². The van der Waals surface area contributed by atoms with Gasteiger partial charge in [-0.25, -0.2) is 0 Å². The number of methoxy groups -OCH3 is 1. The number of carbonyl (C=O) groups excluding carboxylic acids is 2. The summed E-state index contributed by atoms with van der Waals surface area (Å²) in [5, 5.41) is 0.625. The summed E-state index contributed by atoms with van der Waals surface area (Å²) in [7, 11) is 1.50. The second-order valence-electron chi connectivity index (χ2n) is 6.16. The molecule has 0 aliphatic carbocycles. The predicted molar refractivity (Wildman–Crippen MR) is 104 cm³/mol. The van der Waals surface area contributed by atoms with Crippen LogP contribution in [0.5, 0.6) is 11.5 Å². The highest BCUT2D eigenvalue weighted by molar-refractivity contribution is 6.30. The van der Waals surface area contributed by atoms with Gasteiger partial charge in [-0.05, 0) is 56.2 Å². The summed E-state index contributed by atoms with van der Waals surface area (Å²) in [4.78, 5) is 24.2. The molecule has 27 heavy (non-hydrogen) atoms. The number of benzene rings is 2. The minimum absolute atomic E-state index is 0.0163. The van der Waals surface area contributed by atoms with Crippen LogP contribution in [0.4, 0.5) is 0 Å². The monoisotopic (exact) mass is 390 g/mol. The van der Waals surface area contributed by atoms with Crippen molar-refractivity contribution < 1.29 is 19.1 Å². The van der Waals surface area contributed by atoms with Crippen LogP contribution in [0.3, 0.4) is 0 Å². The number of hydrogen-bond donors (Lipinski definition) is 2. The quantitative estimate of drug-likeness (QED) is 0.709. The van der Waals surface area contributed by atoms with Gasteiger partial charge in [-0.1, -0.05) is 23.7 Å². The van der Waals surface area contributed by atoms with Crippen molar-refractivity contribution in [2.24, 2.45) is 0 Å². The van der Waals surface area contributed by atoms with Crippen molar-refractivity contribution >= 4 is 23.4 Å². The molecule has 2 amide bonds. The van der Waals surface area contributed by atoms with Crippen LogP contribution in [0, 0.1) is 0 Å². The van der Waals surface area contributed by atoms with E-state index in [9.17, 15) is 9.59 Å². The summed E-state index contributed by atoms with van der Waals surface area (Å²) >= 11 is 5.92. The number of nitrogens with one attached hydrogen (secondary N) is 2. The van der Waals surface area contributed by atoms with Gasteiger partial charge in [-0.3, -0.25) is 20.4 Å². The average molecular weight is 391 g/mol. The first-order chi connectivity index (χ1) is 12.9. The van der Waals surface area contributed by atoms with Gasteiger partial charge in [0.1, 0.15) is 0 Å². The van der Waals surface area contributed by atoms with Crippen LogP contribution in [-0.4, -0.2) is 25.0 Å². The maximum absolute atomic E-state index is 12.2. The normalized spacial score (nSPS) is 10.4. The molecule has 2 rings (SSSR count). The number of amides is 2. The van der Waals surface area contributed by atoms with Crippen LogP contribution in [0.2, 0.25) is 5.02 Å². The Morgan fingerprint density at radius 1 is 1.07 bits per heavy atom. The molecule has 0 bridgehead atoms. The first-order valence-electron chi connectivity index (χ1n) is 8.57. The van der Waals surface area contributed by atoms with Crippen LogP contribution in [-0.2, 0) is 11.2 Å². The Balaban J connectivity index is 1.88. The van der Waals surface area contributed by atoms with E-state index >= 15 is 0 Å². The predicted octanol–water partition coefficient (Wildman–Crippen LogP) is 3.53. The maximum atomic E-state index is 12.2. The van der Waals surface area contributed by atoms with Gasteiger partial charge in [0.25, 0.3) is 5.91 Å². The van der Waals surface area contributed by atoms with Gasteiger partial charge in [0, 0.05) is 17.0 Å². The summed E-state index contributed by atoms with van der Waals surface area (Å²) < 4.78 is 10.9. The van der Waals surface area contributed by atoms with Gasteiger partial charge in [-0.15, -0.1) is 0 Å². The Labute approximate surface area is 163 Å². The van der Waals surface area contributed by atoms with Gasteiger partial charge in [-0.2, -0.15) is 0 Å². The van der Waals surface area contributed by atoms with Crippen molar-refractivity contribution in [3.63, 3.8) is 0 Å². The lowest BCUT2D eigenvalue weighted by atomic mass is 10.1. The lowest BCUT2D eigenvalue weighted by Gasteiger charge is -2.14. The Hall–Kier alpha value is -2.73. The summed E-state index contributed by atoms with van der Waals surface area (Å²) in [6.45, 7) is 3.80. The molecular formula is C20H23ClN2O4. The topological polar surface area (TPSA) is 76.7 Å². The molecule has 144 valence electrons. The second-order valence-corrected chi connectivity index (χ2v) is 6.60. The summed E-state index contributed by atoms with van der Waals surface area (Å²) in [5.74, 6) is 0.258. The van der Waals surface area contributed by atoms with Gasteiger partial charge in [0.05, 0.1) is 13.2 Å². The Morgan fingerprint density at radius 2 is 1.85 bits per heavy atom. The van der Waals surface area contributed by atoms with Gasteiger partial charge in [0.15, 0.2) is 11.5 Å². The highest BCUT2D eigenvalue weighted by Crippen LogP contribution is 2.28. The van der Waals surface area contributed by atoms with E-state index in [1.165, 1.54) is 7.11 Å². The number of ether oxygens (including phenoxy) is 2. The van der Waals surface area contributed by atoms with Gasteiger partial charge in [0.2, 0.25) is 5.91 Å². The number of hydrazine groups is 1. The van der Waals surface area contributed by atoms with Crippen LogP contribution >= 0.6 is 11.6 Å². The molecule has 7 heteroatoms. The van der Waals surface area contributed by atoms with Crippen LogP contribution in [0.25, 0.3) is 0 Å². The minimum atomic E-state index is -0.444. The number of rotatable bonds is 7. The zero-order chi connectivity index (χ0) is 19.8. The van der Waals surface area contributed by atoms with E-state index in [2.05, 4.69) is 10.9 Å². The largest absolute Gasteiger partial charge is 0.493 e. The van der Waals surface area contributed by atoms with Crippen molar-refractivity contribution in [1.82, 2.24) is 10.9 Å². The summed E-state index contributed by atoms with van der Waals surface area (Å²) in [5.41, 5.74) is 6.10. The Morgan fingerprint density at radius 3 is 2.52 bits per heavy atom. The molecule has 0 fully saturated rings. The number of carbonyl (C=O) groups is 2. The van der Waals surface area contributed by atoms with Crippen LogP contribution in [0.15, 0.2) is 42.5 Å². The van der Waals surface area contributed by atoms with Crippen molar-refractivity contribution in [2.45, 2.75) is 32.8 Å². The molecule has 0 atom stereocenters. The lowest BCUT2D eigenvalue weighted by molar-refractivity contribution is -0.121. The molecule has 0 spiro atoms. The van der Waals surface area contributed by atoms with E-state index < -0.39 is 5.91 Å². The highest BCUT2D eigenvalue weighted by Gasteiger charge is 2.13. The molecule has 0 aliphatic rings. The van der Waals surface area contributed by atoms with Crippen LogP contribution in [0.1, 0.15) is 36.2 Å². The zero-order valence-corrected chi connectivity index (χ0v) is 16.3. The average Bonchev–Trinajstić information content (AvgIpc) is 2.64. The molecule has 6 nitrogen and oxygen atoms in total. The molecule has 0 unspecified atom stereocenters. The van der Waals surface area contributed by atoms with E-state index in [4.69, 9.17) is 21.1 Å².